The third-order valence-corrected chi connectivity index (χ3v) is 4.06. The molecule has 0 aromatic rings. The first-order valence-electron chi connectivity index (χ1n) is 5.43. The van der Waals surface area contributed by atoms with Gasteiger partial charge in [0.05, 0.1) is 12.2 Å². The highest BCUT2D eigenvalue weighted by Gasteiger charge is 2.60. The molecule has 4 atom stereocenters. The summed E-state index contributed by atoms with van der Waals surface area (Å²) in [6, 6.07) is 0. The van der Waals surface area contributed by atoms with Gasteiger partial charge >= 0.3 is 0 Å². The van der Waals surface area contributed by atoms with Crippen molar-refractivity contribution in [3.63, 3.8) is 0 Å². The van der Waals surface area contributed by atoms with Gasteiger partial charge in [-0.2, -0.15) is 0 Å². The number of nitrogens with two attached hydrogens (primary N) is 1. The lowest BCUT2D eigenvalue weighted by Crippen LogP contribution is -2.15. The molecule has 13 heavy (non-hydrogen) atoms. The number of ether oxygens (including phenoxy) is 1. The molecule has 1 aliphatic heterocycles. The van der Waals surface area contributed by atoms with E-state index in [1.165, 1.54) is 12.8 Å². The highest BCUT2D eigenvalue weighted by molar-refractivity contribution is 5.09. The molecule has 1 saturated heterocycles. The van der Waals surface area contributed by atoms with E-state index in [1.54, 1.807) is 0 Å². The van der Waals surface area contributed by atoms with Gasteiger partial charge < -0.3 is 10.5 Å². The third kappa shape index (κ3) is 1.40. The minimum Gasteiger partial charge on any atom is -0.375 e. The molecule has 0 bridgehead atoms. The van der Waals surface area contributed by atoms with Crippen molar-refractivity contribution in [2.24, 2.45) is 23.0 Å². The van der Waals surface area contributed by atoms with Crippen molar-refractivity contribution >= 4 is 0 Å². The molecular formula is C11H21NO. The van der Waals surface area contributed by atoms with E-state index in [0.29, 0.717) is 23.5 Å². The van der Waals surface area contributed by atoms with Crippen molar-refractivity contribution in [3.05, 3.63) is 0 Å². The fourth-order valence-electron chi connectivity index (χ4n) is 3.07. The summed E-state index contributed by atoms with van der Waals surface area (Å²) in [6.45, 7) is 7.64. The molecule has 1 unspecified atom stereocenters. The molecule has 2 nitrogen and oxygen atoms in total. The fourth-order valence-corrected chi connectivity index (χ4v) is 3.07. The summed E-state index contributed by atoms with van der Waals surface area (Å²) in [5.74, 6) is 1.42. The van der Waals surface area contributed by atoms with Gasteiger partial charge in [-0.05, 0) is 43.6 Å². The number of hydrogen-bond acceptors (Lipinski definition) is 2. The quantitative estimate of drug-likeness (QED) is 0.708. The van der Waals surface area contributed by atoms with E-state index in [4.69, 9.17) is 10.5 Å². The van der Waals surface area contributed by atoms with Crippen LogP contribution in [0.3, 0.4) is 0 Å². The van der Waals surface area contributed by atoms with Gasteiger partial charge in [0.1, 0.15) is 0 Å². The predicted molar refractivity (Wildman–Crippen MR) is 53.4 cm³/mol. The number of rotatable bonds is 2. The first kappa shape index (κ1) is 9.47. The Morgan fingerprint density at radius 2 is 2.08 bits per heavy atom. The minimum absolute atomic E-state index is 0.434. The number of hydrogen-bond donors (Lipinski definition) is 1. The molecule has 2 fully saturated rings. The van der Waals surface area contributed by atoms with Crippen LogP contribution in [0, 0.1) is 17.3 Å². The van der Waals surface area contributed by atoms with E-state index in [2.05, 4.69) is 20.8 Å². The van der Waals surface area contributed by atoms with Gasteiger partial charge in [0.25, 0.3) is 0 Å². The Bertz CT molecular complexity index is 202. The van der Waals surface area contributed by atoms with E-state index in [9.17, 15) is 0 Å². The van der Waals surface area contributed by atoms with Gasteiger partial charge in [-0.25, -0.2) is 0 Å². The summed E-state index contributed by atoms with van der Waals surface area (Å²) in [5.41, 5.74) is 6.18. The van der Waals surface area contributed by atoms with E-state index in [-0.39, 0.29) is 0 Å². The maximum Gasteiger partial charge on any atom is 0.0616 e. The van der Waals surface area contributed by atoms with Crippen LogP contribution in [0.4, 0.5) is 0 Å². The van der Waals surface area contributed by atoms with Gasteiger partial charge in [-0.3, -0.25) is 0 Å². The third-order valence-electron chi connectivity index (χ3n) is 4.06. The first-order chi connectivity index (χ1) is 6.07. The topological polar surface area (TPSA) is 35.2 Å². The van der Waals surface area contributed by atoms with Crippen LogP contribution in [0.25, 0.3) is 0 Å². The molecular weight excluding hydrogens is 162 g/mol. The lowest BCUT2D eigenvalue weighted by molar-refractivity contribution is 0.0341. The molecule has 2 N–H and O–H groups in total. The van der Waals surface area contributed by atoms with Crippen LogP contribution < -0.4 is 5.73 Å². The van der Waals surface area contributed by atoms with Crippen molar-refractivity contribution in [1.82, 2.24) is 0 Å². The molecule has 2 heteroatoms. The van der Waals surface area contributed by atoms with Crippen LogP contribution in [-0.2, 0) is 4.74 Å². The Kier molecular flexibility index (Phi) is 2.16. The Labute approximate surface area is 80.8 Å². The average Bonchev–Trinajstić information content (AvgIpc) is 2.41. The second-order valence-corrected chi connectivity index (χ2v) is 5.25. The highest BCUT2D eigenvalue weighted by atomic mass is 16.5. The molecule has 0 aromatic carbocycles. The summed E-state index contributed by atoms with van der Waals surface area (Å²) in [5, 5.41) is 0. The Morgan fingerprint density at radius 3 is 2.46 bits per heavy atom. The fraction of sp³-hybridized carbons (Fsp3) is 1.00. The molecule has 0 amide bonds. The smallest absolute Gasteiger partial charge is 0.0616 e. The van der Waals surface area contributed by atoms with Crippen LogP contribution in [0.1, 0.15) is 33.6 Å². The Hall–Kier alpha value is -0.0800. The lowest BCUT2D eigenvalue weighted by atomic mass is 10.0. The van der Waals surface area contributed by atoms with Gasteiger partial charge in [-0.1, -0.05) is 13.8 Å². The van der Waals surface area contributed by atoms with E-state index < -0.39 is 0 Å². The Balaban J connectivity index is 1.96. The highest BCUT2D eigenvalue weighted by Crippen LogP contribution is 2.61. The van der Waals surface area contributed by atoms with Crippen molar-refractivity contribution in [3.8, 4) is 0 Å². The molecule has 2 aliphatic rings. The maximum absolute atomic E-state index is 5.90. The molecule has 76 valence electrons. The van der Waals surface area contributed by atoms with Crippen LogP contribution in [0.15, 0.2) is 0 Å². The monoisotopic (exact) mass is 183 g/mol. The SMILES string of the molecule is C[C@@H]1CCC([C@@H]2[C@@H](CN)C2(C)C)O1. The van der Waals surface area contributed by atoms with Gasteiger partial charge in [0.15, 0.2) is 0 Å². The molecule has 0 aromatic heterocycles. The molecule has 1 heterocycles. The second kappa shape index (κ2) is 2.96. The summed E-state index contributed by atoms with van der Waals surface area (Å²) in [4.78, 5) is 0. The average molecular weight is 183 g/mol. The molecule has 0 radical (unpaired) electrons. The van der Waals surface area contributed by atoms with Crippen molar-refractivity contribution in [1.29, 1.82) is 0 Å². The first-order valence-corrected chi connectivity index (χ1v) is 5.43. The zero-order valence-corrected chi connectivity index (χ0v) is 8.92. The maximum atomic E-state index is 5.90. The van der Waals surface area contributed by atoms with Crippen LogP contribution in [0.2, 0.25) is 0 Å². The molecule has 2 rings (SSSR count). The molecule has 1 saturated carbocycles. The van der Waals surface area contributed by atoms with Crippen molar-refractivity contribution < 1.29 is 4.74 Å². The summed E-state index contributed by atoms with van der Waals surface area (Å²) < 4.78 is 5.90. The van der Waals surface area contributed by atoms with E-state index >= 15 is 0 Å². The van der Waals surface area contributed by atoms with Crippen LogP contribution in [-0.4, -0.2) is 18.8 Å². The second-order valence-electron chi connectivity index (χ2n) is 5.25. The van der Waals surface area contributed by atoms with Gasteiger partial charge in [0, 0.05) is 0 Å². The standard InChI is InChI=1S/C11H21NO/c1-7-4-5-9(13-7)10-8(6-12)11(10,2)3/h7-10H,4-6,12H2,1-3H3/t7-,8-,9?,10+/m1/s1. The predicted octanol–water partition coefficient (Wildman–Crippen LogP) is 1.78. The zero-order chi connectivity index (χ0) is 9.64. The van der Waals surface area contributed by atoms with Gasteiger partial charge in [-0.15, -0.1) is 0 Å². The van der Waals surface area contributed by atoms with Gasteiger partial charge in [0.2, 0.25) is 0 Å². The summed E-state index contributed by atoms with van der Waals surface area (Å²) in [7, 11) is 0. The van der Waals surface area contributed by atoms with Crippen molar-refractivity contribution in [2.45, 2.75) is 45.8 Å². The normalized spacial score (nSPS) is 48.0. The molecule has 0 spiro atoms. The zero-order valence-electron chi connectivity index (χ0n) is 8.92. The molecule has 1 aliphatic carbocycles. The van der Waals surface area contributed by atoms with Crippen LogP contribution >= 0.6 is 0 Å². The minimum atomic E-state index is 0.434. The summed E-state index contributed by atoms with van der Waals surface area (Å²) in [6.07, 6.45) is 3.44. The Morgan fingerprint density at radius 1 is 1.38 bits per heavy atom. The largest absolute Gasteiger partial charge is 0.375 e. The van der Waals surface area contributed by atoms with E-state index in [1.807, 2.05) is 0 Å². The summed E-state index contributed by atoms with van der Waals surface area (Å²) >= 11 is 0. The lowest BCUT2D eigenvalue weighted by Gasteiger charge is -2.12. The van der Waals surface area contributed by atoms with E-state index in [0.717, 1.165) is 12.5 Å². The van der Waals surface area contributed by atoms with Crippen LogP contribution in [0.5, 0.6) is 0 Å². The van der Waals surface area contributed by atoms with Crippen molar-refractivity contribution in [2.75, 3.05) is 6.54 Å².